The van der Waals surface area contributed by atoms with Crippen LogP contribution in [-0.4, -0.2) is 48.3 Å². The standard InChI is InChI=1S/C24H30N4O2/c1-18-3-4-21(19(2)15-18)17-25-24(29)26-22-5-6-23-20(16-22)7-8-28(23)10-9-27-11-13-30-14-12-27/h3-8,15-16H,9-14,17H2,1-2H3,(H2,25,26,29). The number of hydrogen-bond donors (Lipinski definition) is 2. The molecular formula is C24H30N4O2. The number of carbonyl (C=O) groups is 1. The van der Waals surface area contributed by atoms with Gasteiger partial charge in [-0.15, -0.1) is 0 Å². The van der Waals surface area contributed by atoms with Crippen LogP contribution < -0.4 is 10.6 Å². The lowest BCUT2D eigenvalue weighted by atomic mass is 10.1. The van der Waals surface area contributed by atoms with Gasteiger partial charge in [0.05, 0.1) is 13.2 Å². The quantitative estimate of drug-likeness (QED) is 0.653. The lowest BCUT2D eigenvalue weighted by Gasteiger charge is -2.26. The van der Waals surface area contributed by atoms with E-state index in [0.29, 0.717) is 6.54 Å². The number of aromatic nitrogens is 1. The maximum Gasteiger partial charge on any atom is 0.319 e. The highest BCUT2D eigenvalue weighted by Gasteiger charge is 2.11. The zero-order chi connectivity index (χ0) is 20.9. The summed E-state index contributed by atoms with van der Waals surface area (Å²) in [5.74, 6) is 0. The van der Waals surface area contributed by atoms with Crippen LogP contribution in [0, 0.1) is 13.8 Å². The molecule has 0 radical (unpaired) electrons. The Morgan fingerprint density at radius 3 is 2.67 bits per heavy atom. The van der Waals surface area contributed by atoms with Gasteiger partial charge in [0.1, 0.15) is 0 Å². The van der Waals surface area contributed by atoms with Crippen LogP contribution in [0.15, 0.2) is 48.7 Å². The van der Waals surface area contributed by atoms with Gasteiger partial charge in [-0.05, 0) is 49.2 Å². The van der Waals surface area contributed by atoms with Gasteiger partial charge in [0.2, 0.25) is 0 Å². The lowest BCUT2D eigenvalue weighted by molar-refractivity contribution is 0.0365. The molecule has 1 fully saturated rings. The first-order valence-electron chi connectivity index (χ1n) is 10.6. The Labute approximate surface area is 177 Å². The van der Waals surface area contributed by atoms with E-state index in [1.807, 2.05) is 12.1 Å². The normalized spacial score (nSPS) is 14.7. The van der Waals surface area contributed by atoms with Gasteiger partial charge >= 0.3 is 6.03 Å². The monoisotopic (exact) mass is 406 g/mol. The summed E-state index contributed by atoms with van der Waals surface area (Å²) in [5, 5.41) is 7.02. The summed E-state index contributed by atoms with van der Waals surface area (Å²) in [4.78, 5) is 14.8. The molecule has 2 aromatic carbocycles. The number of amides is 2. The van der Waals surface area contributed by atoms with Crippen molar-refractivity contribution in [2.45, 2.75) is 26.9 Å². The number of aryl methyl sites for hydroxylation is 2. The van der Waals surface area contributed by atoms with E-state index in [1.165, 1.54) is 16.6 Å². The van der Waals surface area contributed by atoms with E-state index in [0.717, 1.165) is 56.0 Å². The summed E-state index contributed by atoms with van der Waals surface area (Å²) in [6.07, 6.45) is 2.12. The van der Waals surface area contributed by atoms with Crippen molar-refractivity contribution in [1.82, 2.24) is 14.8 Å². The van der Waals surface area contributed by atoms with E-state index in [-0.39, 0.29) is 6.03 Å². The van der Waals surface area contributed by atoms with E-state index in [2.05, 4.69) is 70.5 Å². The smallest absolute Gasteiger partial charge is 0.319 e. The van der Waals surface area contributed by atoms with Gasteiger partial charge in [0.25, 0.3) is 0 Å². The molecule has 1 saturated heterocycles. The Morgan fingerprint density at radius 1 is 1.03 bits per heavy atom. The fourth-order valence-electron chi connectivity index (χ4n) is 3.94. The van der Waals surface area contributed by atoms with Crippen molar-refractivity contribution in [1.29, 1.82) is 0 Å². The minimum Gasteiger partial charge on any atom is -0.379 e. The average Bonchev–Trinajstić information content (AvgIpc) is 3.14. The van der Waals surface area contributed by atoms with E-state index in [9.17, 15) is 4.79 Å². The largest absolute Gasteiger partial charge is 0.379 e. The van der Waals surface area contributed by atoms with Gasteiger partial charge in [-0.1, -0.05) is 23.8 Å². The van der Waals surface area contributed by atoms with Gasteiger partial charge in [0, 0.05) is 55.5 Å². The van der Waals surface area contributed by atoms with E-state index < -0.39 is 0 Å². The molecule has 0 bridgehead atoms. The zero-order valence-electron chi connectivity index (χ0n) is 17.8. The Bertz CT molecular complexity index is 1020. The Hall–Kier alpha value is -2.83. The number of anilines is 1. The number of ether oxygens (including phenoxy) is 1. The van der Waals surface area contributed by atoms with Crippen LogP contribution in [0.25, 0.3) is 10.9 Å². The van der Waals surface area contributed by atoms with Gasteiger partial charge in [0.15, 0.2) is 0 Å². The van der Waals surface area contributed by atoms with Crippen molar-refractivity contribution in [3.63, 3.8) is 0 Å². The molecule has 158 valence electrons. The minimum atomic E-state index is -0.193. The summed E-state index contributed by atoms with van der Waals surface area (Å²) in [7, 11) is 0. The predicted octanol–water partition coefficient (Wildman–Crippen LogP) is 3.91. The van der Waals surface area contributed by atoms with Crippen LogP contribution in [0.5, 0.6) is 0 Å². The molecule has 2 N–H and O–H groups in total. The molecule has 30 heavy (non-hydrogen) atoms. The second-order valence-electron chi connectivity index (χ2n) is 7.97. The molecule has 1 aliphatic heterocycles. The second kappa shape index (κ2) is 9.32. The van der Waals surface area contributed by atoms with Crippen LogP contribution in [0.2, 0.25) is 0 Å². The Kier molecular flexibility index (Phi) is 6.35. The first-order chi connectivity index (χ1) is 14.6. The molecule has 6 heteroatoms. The van der Waals surface area contributed by atoms with Crippen molar-refractivity contribution in [2.75, 3.05) is 38.2 Å². The molecule has 6 nitrogen and oxygen atoms in total. The van der Waals surface area contributed by atoms with Gasteiger partial charge in [-0.3, -0.25) is 4.90 Å². The van der Waals surface area contributed by atoms with Crippen molar-refractivity contribution < 1.29 is 9.53 Å². The lowest BCUT2D eigenvalue weighted by Crippen LogP contribution is -2.38. The average molecular weight is 407 g/mol. The Balaban J connectivity index is 1.33. The van der Waals surface area contributed by atoms with Crippen molar-refractivity contribution >= 4 is 22.6 Å². The number of fused-ring (bicyclic) bond motifs is 1. The number of urea groups is 1. The van der Waals surface area contributed by atoms with E-state index >= 15 is 0 Å². The first kappa shape index (κ1) is 20.4. The van der Waals surface area contributed by atoms with E-state index in [1.54, 1.807) is 0 Å². The zero-order valence-corrected chi connectivity index (χ0v) is 17.8. The maximum absolute atomic E-state index is 12.3. The molecule has 2 amide bonds. The molecule has 3 aromatic rings. The number of hydrogen-bond acceptors (Lipinski definition) is 3. The van der Waals surface area contributed by atoms with E-state index in [4.69, 9.17) is 4.74 Å². The Morgan fingerprint density at radius 2 is 1.87 bits per heavy atom. The molecule has 0 atom stereocenters. The highest BCUT2D eigenvalue weighted by Crippen LogP contribution is 2.21. The summed E-state index contributed by atoms with van der Waals surface area (Å²) < 4.78 is 7.69. The predicted molar refractivity (Wildman–Crippen MR) is 121 cm³/mol. The molecule has 0 unspecified atom stereocenters. The van der Waals surface area contributed by atoms with Gasteiger partial charge in [-0.25, -0.2) is 4.79 Å². The third kappa shape index (κ3) is 5.01. The van der Waals surface area contributed by atoms with Crippen LogP contribution in [0.3, 0.4) is 0 Å². The molecule has 1 aromatic heterocycles. The van der Waals surface area contributed by atoms with Crippen molar-refractivity contribution in [3.8, 4) is 0 Å². The SMILES string of the molecule is Cc1ccc(CNC(=O)Nc2ccc3c(ccn3CCN3CCOCC3)c2)c(C)c1. The molecule has 0 spiro atoms. The van der Waals surface area contributed by atoms with Crippen molar-refractivity contribution in [3.05, 3.63) is 65.4 Å². The fraction of sp³-hybridized carbons (Fsp3) is 0.375. The number of nitrogens with zero attached hydrogens (tertiary/aromatic N) is 2. The highest BCUT2D eigenvalue weighted by atomic mass is 16.5. The number of carbonyl (C=O) groups excluding carboxylic acids is 1. The van der Waals surface area contributed by atoms with Crippen LogP contribution in [-0.2, 0) is 17.8 Å². The van der Waals surface area contributed by atoms with Crippen LogP contribution >= 0.6 is 0 Å². The van der Waals surface area contributed by atoms with Gasteiger partial charge in [-0.2, -0.15) is 0 Å². The third-order valence-corrected chi connectivity index (χ3v) is 5.73. The number of benzene rings is 2. The third-order valence-electron chi connectivity index (χ3n) is 5.73. The molecule has 2 heterocycles. The molecule has 1 aliphatic rings. The minimum absolute atomic E-state index is 0.193. The molecular weight excluding hydrogens is 376 g/mol. The number of rotatable bonds is 6. The summed E-state index contributed by atoms with van der Waals surface area (Å²) in [5.41, 5.74) is 5.53. The molecule has 0 saturated carbocycles. The first-order valence-corrected chi connectivity index (χ1v) is 10.6. The summed E-state index contributed by atoms with van der Waals surface area (Å²) >= 11 is 0. The second-order valence-corrected chi connectivity index (χ2v) is 7.97. The highest BCUT2D eigenvalue weighted by molar-refractivity contribution is 5.92. The summed E-state index contributed by atoms with van der Waals surface area (Å²) in [6, 6.07) is 14.2. The number of morpholine rings is 1. The maximum atomic E-state index is 12.3. The molecule has 4 rings (SSSR count). The molecule has 0 aliphatic carbocycles. The van der Waals surface area contributed by atoms with Crippen LogP contribution in [0.4, 0.5) is 10.5 Å². The number of nitrogens with one attached hydrogen (secondary N) is 2. The van der Waals surface area contributed by atoms with Crippen LogP contribution in [0.1, 0.15) is 16.7 Å². The summed E-state index contributed by atoms with van der Waals surface area (Å²) in [6.45, 7) is 10.3. The topological polar surface area (TPSA) is 58.5 Å². The fourth-order valence-corrected chi connectivity index (χ4v) is 3.94. The van der Waals surface area contributed by atoms with Crippen molar-refractivity contribution in [2.24, 2.45) is 0 Å². The van der Waals surface area contributed by atoms with Gasteiger partial charge < -0.3 is 19.9 Å².